The van der Waals surface area contributed by atoms with Crippen molar-refractivity contribution in [2.24, 2.45) is 5.92 Å². The van der Waals surface area contributed by atoms with E-state index < -0.39 is 0 Å². The van der Waals surface area contributed by atoms with Gasteiger partial charge in [-0.2, -0.15) is 0 Å². The van der Waals surface area contributed by atoms with Gasteiger partial charge >= 0.3 is 0 Å². The number of para-hydroxylation sites is 2. The summed E-state index contributed by atoms with van der Waals surface area (Å²) >= 11 is 0. The topological polar surface area (TPSA) is 61.4 Å². The Bertz CT molecular complexity index is 815. The average molecular weight is 365 g/mol. The quantitative estimate of drug-likeness (QED) is 0.823. The molecule has 1 aliphatic rings. The predicted molar refractivity (Wildman–Crippen MR) is 109 cm³/mol. The van der Waals surface area contributed by atoms with Crippen molar-refractivity contribution in [3.05, 3.63) is 59.7 Å². The Morgan fingerprint density at radius 2 is 1.85 bits per heavy atom. The maximum atomic E-state index is 12.8. The molecule has 0 saturated heterocycles. The van der Waals surface area contributed by atoms with Gasteiger partial charge in [0.2, 0.25) is 11.8 Å². The lowest BCUT2D eigenvalue weighted by Crippen LogP contribution is -2.46. The van der Waals surface area contributed by atoms with Gasteiger partial charge in [0.05, 0.1) is 17.9 Å². The first-order chi connectivity index (χ1) is 13.0. The first kappa shape index (κ1) is 19.1. The Labute approximate surface area is 160 Å². The number of hydrogen-bond donors (Lipinski definition) is 2. The van der Waals surface area contributed by atoms with Gasteiger partial charge in [0.1, 0.15) is 6.54 Å². The smallest absolute Gasteiger partial charge is 0.244 e. The van der Waals surface area contributed by atoms with Gasteiger partial charge in [0, 0.05) is 6.04 Å². The highest BCUT2D eigenvalue weighted by Gasteiger charge is 2.27. The van der Waals surface area contributed by atoms with E-state index in [1.807, 2.05) is 24.3 Å². The van der Waals surface area contributed by atoms with Crippen molar-refractivity contribution in [2.45, 2.75) is 33.2 Å². The maximum Gasteiger partial charge on any atom is 0.244 e. The lowest BCUT2D eigenvalue weighted by atomic mass is 9.95. The van der Waals surface area contributed by atoms with Crippen LogP contribution >= 0.6 is 0 Å². The molecule has 2 aromatic rings. The molecule has 3 rings (SSSR count). The van der Waals surface area contributed by atoms with Gasteiger partial charge in [-0.1, -0.05) is 57.2 Å². The summed E-state index contributed by atoms with van der Waals surface area (Å²) in [6, 6.07) is 16.0. The fourth-order valence-electron chi connectivity index (χ4n) is 3.45. The van der Waals surface area contributed by atoms with Gasteiger partial charge in [-0.05, 0) is 35.6 Å². The average Bonchev–Trinajstić information content (AvgIpc) is 2.67. The third kappa shape index (κ3) is 4.37. The Hall–Kier alpha value is -2.66. The number of carbonyl (C=O) groups excluding carboxylic acids is 2. The molecule has 1 atom stereocenters. The van der Waals surface area contributed by atoms with Crippen molar-refractivity contribution in [3.63, 3.8) is 0 Å². The molecule has 2 amide bonds. The van der Waals surface area contributed by atoms with E-state index >= 15 is 0 Å². The summed E-state index contributed by atoms with van der Waals surface area (Å²) in [6.45, 7) is 6.65. The molecule has 0 fully saturated rings. The third-order valence-corrected chi connectivity index (χ3v) is 4.96. The molecule has 0 spiro atoms. The van der Waals surface area contributed by atoms with E-state index in [1.54, 1.807) is 4.90 Å². The van der Waals surface area contributed by atoms with Crippen molar-refractivity contribution in [1.82, 2.24) is 5.32 Å². The predicted octanol–water partition coefficient (Wildman–Crippen LogP) is 3.52. The van der Waals surface area contributed by atoms with Crippen LogP contribution in [0.3, 0.4) is 0 Å². The Balaban J connectivity index is 1.72. The molecule has 142 valence electrons. The molecule has 0 aromatic heterocycles. The Kier molecular flexibility index (Phi) is 5.91. The SMILES string of the molecule is CCc1ccc([C@@H](NCC(=O)N2CC(=O)Nc3ccccc32)C(C)C)cc1. The molecule has 0 radical (unpaired) electrons. The molecule has 2 aromatic carbocycles. The van der Waals surface area contributed by atoms with Crippen LogP contribution in [0.15, 0.2) is 48.5 Å². The largest absolute Gasteiger partial charge is 0.323 e. The maximum absolute atomic E-state index is 12.8. The van der Waals surface area contributed by atoms with E-state index in [1.165, 1.54) is 11.1 Å². The van der Waals surface area contributed by atoms with Crippen LogP contribution in [0.4, 0.5) is 11.4 Å². The molecule has 5 nitrogen and oxygen atoms in total. The van der Waals surface area contributed by atoms with Crippen molar-refractivity contribution < 1.29 is 9.59 Å². The monoisotopic (exact) mass is 365 g/mol. The van der Waals surface area contributed by atoms with E-state index in [2.05, 4.69) is 55.7 Å². The van der Waals surface area contributed by atoms with Crippen LogP contribution in [-0.4, -0.2) is 24.9 Å². The summed E-state index contributed by atoms with van der Waals surface area (Å²) in [5.41, 5.74) is 3.90. The molecule has 0 bridgehead atoms. The van der Waals surface area contributed by atoms with Crippen LogP contribution in [0, 0.1) is 5.92 Å². The number of benzene rings is 2. The lowest BCUT2D eigenvalue weighted by molar-refractivity contribution is -0.121. The van der Waals surface area contributed by atoms with Crippen molar-refractivity contribution >= 4 is 23.2 Å². The van der Waals surface area contributed by atoms with E-state index in [0.29, 0.717) is 11.6 Å². The number of carbonyl (C=O) groups is 2. The molecule has 27 heavy (non-hydrogen) atoms. The number of rotatable bonds is 6. The van der Waals surface area contributed by atoms with Crippen LogP contribution < -0.4 is 15.5 Å². The van der Waals surface area contributed by atoms with Gasteiger partial charge in [-0.25, -0.2) is 0 Å². The number of amides is 2. The zero-order chi connectivity index (χ0) is 19.4. The molecule has 1 aliphatic heterocycles. The van der Waals surface area contributed by atoms with Gasteiger partial charge in [-0.3, -0.25) is 14.5 Å². The second-order valence-electron chi connectivity index (χ2n) is 7.24. The van der Waals surface area contributed by atoms with Gasteiger partial charge in [0.25, 0.3) is 0 Å². The summed E-state index contributed by atoms with van der Waals surface area (Å²) in [7, 11) is 0. The molecular weight excluding hydrogens is 338 g/mol. The minimum Gasteiger partial charge on any atom is -0.323 e. The molecule has 5 heteroatoms. The first-order valence-corrected chi connectivity index (χ1v) is 9.51. The minimum absolute atomic E-state index is 0.0507. The molecular formula is C22H27N3O2. The molecule has 0 unspecified atom stereocenters. The Morgan fingerprint density at radius 1 is 1.15 bits per heavy atom. The van der Waals surface area contributed by atoms with E-state index in [9.17, 15) is 9.59 Å². The first-order valence-electron chi connectivity index (χ1n) is 9.51. The number of fused-ring (bicyclic) bond motifs is 1. The summed E-state index contributed by atoms with van der Waals surface area (Å²) in [4.78, 5) is 26.3. The van der Waals surface area contributed by atoms with Crippen molar-refractivity contribution in [2.75, 3.05) is 23.3 Å². The molecule has 1 heterocycles. The number of nitrogens with zero attached hydrogens (tertiary/aromatic N) is 1. The van der Waals surface area contributed by atoms with E-state index in [4.69, 9.17) is 0 Å². The summed E-state index contributed by atoms with van der Waals surface area (Å²) in [6.07, 6.45) is 1.01. The highest BCUT2D eigenvalue weighted by Crippen LogP contribution is 2.29. The zero-order valence-corrected chi connectivity index (χ0v) is 16.2. The standard InChI is InChI=1S/C22H27N3O2/c1-4-16-9-11-17(12-10-16)22(15(2)3)23-13-21(27)25-14-20(26)24-18-7-5-6-8-19(18)25/h5-12,15,22-23H,4,13-14H2,1-3H3,(H,24,26)/t22-/m0/s1. The fourth-order valence-corrected chi connectivity index (χ4v) is 3.45. The van der Waals surface area contributed by atoms with E-state index in [-0.39, 0.29) is 30.9 Å². The van der Waals surface area contributed by atoms with Gasteiger partial charge in [0.15, 0.2) is 0 Å². The number of nitrogens with one attached hydrogen (secondary N) is 2. The van der Waals surface area contributed by atoms with Crippen LogP contribution in [0.25, 0.3) is 0 Å². The van der Waals surface area contributed by atoms with Crippen molar-refractivity contribution in [3.8, 4) is 0 Å². The number of hydrogen-bond acceptors (Lipinski definition) is 3. The van der Waals surface area contributed by atoms with Gasteiger partial charge in [-0.15, -0.1) is 0 Å². The highest BCUT2D eigenvalue weighted by atomic mass is 16.2. The molecule has 2 N–H and O–H groups in total. The van der Waals surface area contributed by atoms with Crippen LogP contribution in [-0.2, 0) is 16.0 Å². The van der Waals surface area contributed by atoms with Crippen LogP contribution in [0.2, 0.25) is 0 Å². The summed E-state index contributed by atoms with van der Waals surface area (Å²) in [5, 5.41) is 6.20. The molecule has 0 saturated carbocycles. The highest BCUT2D eigenvalue weighted by molar-refractivity contribution is 6.10. The summed E-state index contributed by atoms with van der Waals surface area (Å²) in [5.74, 6) is 0.0629. The second-order valence-corrected chi connectivity index (χ2v) is 7.24. The van der Waals surface area contributed by atoms with E-state index in [0.717, 1.165) is 12.1 Å². The summed E-state index contributed by atoms with van der Waals surface area (Å²) < 4.78 is 0. The third-order valence-electron chi connectivity index (χ3n) is 4.96. The normalized spacial score (nSPS) is 14.7. The molecule has 0 aliphatic carbocycles. The Morgan fingerprint density at radius 3 is 2.52 bits per heavy atom. The zero-order valence-electron chi connectivity index (χ0n) is 16.2. The number of anilines is 2. The van der Waals surface area contributed by atoms with Crippen molar-refractivity contribution in [1.29, 1.82) is 0 Å². The minimum atomic E-state index is -0.169. The van der Waals surface area contributed by atoms with Gasteiger partial charge < -0.3 is 10.6 Å². The fraction of sp³-hybridized carbons (Fsp3) is 0.364. The second kappa shape index (κ2) is 8.35. The lowest BCUT2D eigenvalue weighted by Gasteiger charge is -2.30. The number of aryl methyl sites for hydroxylation is 1. The van der Waals surface area contributed by atoms with Crippen LogP contribution in [0.5, 0.6) is 0 Å². The van der Waals surface area contributed by atoms with Crippen LogP contribution in [0.1, 0.15) is 37.9 Å².